The van der Waals surface area contributed by atoms with Crippen molar-refractivity contribution >= 4 is 5.78 Å². The Labute approximate surface area is 113 Å². The van der Waals surface area contributed by atoms with Crippen LogP contribution in [0, 0.1) is 5.92 Å². The molecule has 2 aromatic carbocycles. The van der Waals surface area contributed by atoms with Crippen molar-refractivity contribution in [3.05, 3.63) is 65.7 Å². The van der Waals surface area contributed by atoms with Gasteiger partial charge in [-0.1, -0.05) is 42.5 Å². The third-order valence-corrected chi connectivity index (χ3v) is 3.73. The Morgan fingerprint density at radius 1 is 1.05 bits per heavy atom. The minimum Gasteiger partial charge on any atom is -0.497 e. The molecule has 0 radical (unpaired) electrons. The van der Waals surface area contributed by atoms with E-state index in [0.29, 0.717) is 5.92 Å². The number of carbonyl (C=O) groups is 1. The van der Waals surface area contributed by atoms with Crippen LogP contribution in [0.5, 0.6) is 5.75 Å². The quantitative estimate of drug-likeness (QED) is 0.776. The third kappa shape index (κ3) is 2.39. The predicted molar refractivity (Wildman–Crippen MR) is 74.6 cm³/mol. The average Bonchev–Trinajstić information content (AvgIpc) is 3.28. The number of rotatable bonds is 4. The van der Waals surface area contributed by atoms with Crippen LogP contribution >= 0.6 is 0 Å². The van der Waals surface area contributed by atoms with Gasteiger partial charge in [0.1, 0.15) is 5.75 Å². The van der Waals surface area contributed by atoms with Crippen LogP contribution in [-0.2, 0) is 0 Å². The highest BCUT2D eigenvalue weighted by atomic mass is 16.5. The molecule has 0 saturated heterocycles. The summed E-state index contributed by atoms with van der Waals surface area (Å²) < 4.78 is 5.15. The molecule has 0 unspecified atom stereocenters. The zero-order valence-electron chi connectivity index (χ0n) is 10.9. The molecule has 0 aliphatic heterocycles. The van der Waals surface area contributed by atoms with E-state index in [9.17, 15) is 4.79 Å². The van der Waals surface area contributed by atoms with Gasteiger partial charge in [-0.25, -0.2) is 0 Å². The second-order valence-electron chi connectivity index (χ2n) is 4.95. The van der Waals surface area contributed by atoms with E-state index in [1.807, 2.05) is 42.5 Å². The summed E-state index contributed by atoms with van der Waals surface area (Å²) in [6.07, 6.45) is 0.958. The molecule has 3 rings (SSSR count). The molecule has 1 aliphatic rings. The standard InChI is InChI=1S/C17H16O2/c1-19-14-9-7-12(8-10-14)15-11-16(15)17(18)13-5-3-2-4-6-13/h2-10,15-16H,11H2,1H3/t15-,16+/m1/s1. The van der Waals surface area contributed by atoms with E-state index in [1.165, 1.54) is 5.56 Å². The maximum Gasteiger partial charge on any atom is 0.166 e. The molecule has 0 aromatic heterocycles. The lowest BCUT2D eigenvalue weighted by Gasteiger charge is -2.03. The maximum atomic E-state index is 12.3. The van der Waals surface area contributed by atoms with Gasteiger partial charge in [0, 0.05) is 11.5 Å². The molecule has 0 bridgehead atoms. The second kappa shape index (κ2) is 4.88. The largest absolute Gasteiger partial charge is 0.497 e. The number of hydrogen-bond donors (Lipinski definition) is 0. The minimum atomic E-state index is 0.149. The summed E-state index contributed by atoms with van der Waals surface area (Å²) in [7, 11) is 1.66. The lowest BCUT2D eigenvalue weighted by Crippen LogP contribution is -2.02. The summed E-state index contributed by atoms with van der Waals surface area (Å²) in [6, 6.07) is 17.6. The van der Waals surface area contributed by atoms with Gasteiger partial charge in [-0.15, -0.1) is 0 Å². The second-order valence-corrected chi connectivity index (χ2v) is 4.95. The van der Waals surface area contributed by atoms with Crippen LogP contribution in [0.15, 0.2) is 54.6 Å². The summed E-state index contributed by atoms with van der Waals surface area (Å²) in [5.41, 5.74) is 2.05. The Hall–Kier alpha value is -2.09. The smallest absolute Gasteiger partial charge is 0.166 e. The number of ketones is 1. The van der Waals surface area contributed by atoms with Crippen LogP contribution in [0.4, 0.5) is 0 Å². The van der Waals surface area contributed by atoms with Crippen molar-refractivity contribution in [2.24, 2.45) is 5.92 Å². The zero-order chi connectivity index (χ0) is 13.2. The number of hydrogen-bond acceptors (Lipinski definition) is 2. The van der Waals surface area contributed by atoms with E-state index in [-0.39, 0.29) is 11.7 Å². The predicted octanol–water partition coefficient (Wildman–Crippen LogP) is 3.68. The lowest BCUT2D eigenvalue weighted by molar-refractivity contribution is 0.0965. The summed E-state index contributed by atoms with van der Waals surface area (Å²) in [5.74, 6) is 1.64. The fourth-order valence-corrected chi connectivity index (χ4v) is 2.52. The first kappa shape index (κ1) is 12.0. The SMILES string of the molecule is COc1ccc([C@H]2C[C@@H]2C(=O)c2ccccc2)cc1. The summed E-state index contributed by atoms with van der Waals surface area (Å²) in [5, 5.41) is 0. The number of Topliss-reactive ketones (excluding diaryl/α,β-unsaturated/α-hetero) is 1. The van der Waals surface area contributed by atoms with Crippen molar-refractivity contribution in [1.29, 1.82) is 0 Å². The Bertz CT molecular complexity index is 572. The molecule has 2 nitrogen and oxygen atoms in total. The van der Waals surface area contributed by atoms with Crippen molar-refractivity contribution in [3.8, 4) is 5.75 Å². The van der Waals surface area contributed by atoms with Crippen molar-refractivity contribution in [1.82, 2.24) is 0 Å². The van der Waals surface area contributed by atoms with Gasteiger partial charge < -0.3 is 4.74 Å². The first-order valence-corrected chi connectivity index (χ1v) is 6.53. The Morgan fingerprint density at radius 3 is 2.37 bits per heavy atom. The molecule has 0 amide bonds. The van der Waals surface area contributed by atoms with E-state index in [1.54, 1.807) is 7.11 Å². The van der Waals surface area contributed by atoms with Crippen molar-refractivity contribution in [3.63, 3.8) is 0 Å². The van der Waals surface area contributed by atoms with E-state index < -0.39 is 0 Å². The number of methoxy groups -OCH3 is 1. The lowest BCUT2D eigenvalue weighted by atomic mass is 10.0. The highest BCUT2D eigenvalue weighted by Gasteiger charge is 2.43. The first-order valence-electron chi connectivity index (χ1n) is 6.53. The molecule has 2 aromatic rings. The van der Waals surface area contributed by atoms with E-state index in [0.717, 1.165) is 17.7 Å². The molecule has 1 aliphatic carbocycles. The molecule has 1 fully saturated rings. The molecule has 2 atom stereocenters. The molecule has 19 heavy (non-hydrogen) atoms. The first-order chi connectivity index (χ1) is 9.29. The molecule has 1 saturated carbocycles. The number of benzene rings is 2. The topological polar surface area (TPSA) is 26.3 Å². The van der Waals surface area contributed by atoms with Gasteiger partial charge in [0.25, 0.3) is 0 Å². The fraction of sp³-hybridized carbons (Fsp3) is 0.235. The van der Waals surface area contributed by atoms with Crippen molar-refractivity contribution < 1.29 is 9.53 Å². The van der Waals surface area contributed by atoms with Crippen LogP contribution in [-0.4, -0.2) is 12.9 Å². The summed E-state index contributed by atoms with van der Waals surface area (Å²) in [4.78, 5) is 12.3. The summed E-state index contributed by atoms with van der Waals surface area (Å²) >= 11 is 0. The number of ether oxygens (including phenoxy) is 1. The average molecular weight is 252 g/mol. The van der Waals surface area contributed by atoms with E-state index in [2.05, 4.69) is 12.1 Å². The molecule has 0 N–H and O–H groups in total. The van der Waals surface area contributed by atoms with Gasteiger partial charge in [-0.2, -0.15) is 0 Å². The fourth-order valence-electron chi connectivity index (χ4n) is 2.52. The van der Waals surface area contributed by atoms with E-state index in [4.69, 9.17) is 4.74 Å². The highest BCUT2D eigenvalue weighted by molar-refractivity contribution is 6.00. The van der Waals surface area contributed by atoms with Gasteiger partial charge in [-0.3, -0.25) is 4.79 Å². The maximum absolute atomic E-state index is 12.3. The van der Waals surface area contributed by atoms with Gasteiger partial charge in [-0.05, 0) is 30.0 Å². The van der Waals surface area contributed by atoms with Crippen LogP contribution in [0.1, 0.15) is 28.3 Å². The molecule has 0 spiro atoms. The molecular formula is C17H16O2. The Kier molecular flexibility index (Phi) is 3.08. The molecular weight excluding hydrogens is 236 g/mol. The van der Waals surface area contributed by atoms with Gasteiger partial charge in [0.05, 0.1) is 7.11 Å². The van der Waals surface area contributed by atoms with Crippen LogP contribution in [0.3, 0.4) is 0 Å². The van der Waals surface area contributed by atoms with Gasteiger partial charge in [0.2, 0.25) is 0 Å². The zero-order valence-corrected chi connectivity index (χ0v) is 10.9. The molecule has 96 valence electrons. The Balaban J connectivity index is 1.72. The highest BCUT2D eigenvalue weighted by Crippen LogP contribution is 2.49. The van der Waals surface area contributed by atoms with Crippen LogP contribution in [0.2, 0.25) is 0 Å². The van der Waals surface area contributed by atoms with Crippen molar-refractivity contribution in [2.75, 3.05) is 7.11 Å². The van der Waals surface area contributed by atoms with E-state index >= 15 is 0 Å². The van der Waals surface area contributed by atoms with Crippen LogP contribution in [0.25, 0.3) is 0 Å². The minimum absolute atomic E-state index is 0.149. The number of carbonyl (C=O) groups excluding carboxylic acids is 1. The monoisotopic (exact) mass is 252 g/mol. The molecule has 0 heterocycles. The Morgan fingerprint density at radius 2 is 1.74 bits per heavy atom. The van der Waals surface area contributed by atoms with Crippen molar-refractivity contribution in [2.45, 2.75) is 12.3 Å². The normalized spacial score (nSPS) is 20.9. The molecule has 2 heteroatoms. The third-order valence-electron chi connectivity index (χ3n) is 3.73. The van der Waals surface area contributed by atoms with Gasteiger partial charge >= 0.3 is 0 Å². The van der Waals surface area contributed by atoms with Gasteiger partial charge in [0.15, 0.2) is 5.78 Å². The van der Waals surface area contributed by atoms with Crippen LogP contribution < -0.4 is 4.74 Å². The summed E-state index contributed by atoms with van der Waals surface area (Å²) in [6.45, 7) is 0.